The molecule has 0 saturated heterocycles. The van der Waals surface area contributed by atoms with Gasteiger partial charge in [0.25, 0.3) is 0 Å². The maximum Gasteiger partial charge on any atom is 0.239 e. The minimum absolute atomic E-state index is 0.0776. The van der Waals surface area contributed by atoms with E-state index in [1.54, 1.807) is 0 Å². The molecule has 4 nitrogen and oxygen atoms in total. The summed E-state index contributed by atoms with van der Waals surface area (Å²) in [6.07, 6.45) is 3.41. The van der Waals surface area contributed by atoms with Crippen LogP contribution in [0.2, 0.25) is 0 Å². The minimum atomic E-state index is -0.450. The smallest absolute Gasteiger partial charge is 0.239 e. The van der Waals surface area contributed by atoms with Gasteiger partial charge in [0.05, 0.1) is 6.54 Å². The molecule has 0 aromatic rings. The van der Waals surface area contributed by atoms with Gasteiger partial charge in [-0.3, -0.25) is 9.59 Å². The standard InChI is InChI=1S/C14H26N2O2S/c1-5-19-11-8-6-7-10(11)16-12(17)9-15-13(18)14(2,3)4/h10-11H,5-9H2,1-4H3,(H,15,18)(H,16,17)/t10-,11+/m1/s1. The highest BCUT2D eigenvalue weighted by molar-refractivity contribution is 7.99. The zero-order valence-electron chi connectivity index (χ0n) is 12.4. The van der Waals surface area contributed by atoms with Gasteiger partial charge < -0.3 is 10.6 Å². The molecule has 5 heteroatoms. The molecule has 1 fully saturated rings. The molecule has 0 aromatic heterocycles. The maximum absolute atomic E-state index is 11.8. The van der Waals surface area contributed by atoms with Gasteiger partial charge in [-0.1, -0.05) is 34.1 Å². The molecule has 0 aliphatic heterocycles. The van der Waals surface area contributed by atoms with E-state index in [4.69, 9.17) is 0 Å². The SMILES string of the molecule is CCS[C@H]1CCC[C@H]1NC(=O)CNC(=O)C(C)(C)C. The lowest BCUT2D eigenvalue weighted by atomic mass is 9.96. The lowest BCUT2D eigenvalue weighted by Crippen LogP contribution is -2.46. The Bertz CT molecular complexity index is 326. The molecule has 2 atom stereocenters. The van der Waals surface area contributed by atoms with Gasteiger partial charge in [0.15, 0.2) is 0 Å². The predicted molar refractivity (Wildman–Crippen MR) is 80.2 cm³/mol. The van der Waals surface area contributed by atoms with Crippen molar-refractivity contribution in [1.29, 1.82) is 0 Å². The molecule has 2 N–H and O–H groups in total. The summed E-state index contributed by atoms with van der Waals surface area (Å²) in [5, 5.41) is 6.27. The Labute approximate surface area is 120 Å². The molecule has 0 spiro atoms. The molecule has 0 radical (unpaired) electrons. The van der Waals surface area contributed by atoms with Crippen LogP contribution in [0.5, 0.6) is 0 Å². The molecule has 0 heterocycles. The molecule has 0 unspecified atom stereocenters. The molecular formula is C14H26N2O2S. The first-order chi connectivity index (χ1) is 8.84. The first-order valence-electron chi connectivity index (χ1n) is 7.04. The largest absolute Gasteiger partial charge is 0.351 e. The summed E-state index contributed by atoms with van der Waals surface area (Å²) < 4.78 is 0. The van der Waals surface area contributed by atoms with E-state index in [9.17, 15) is 9.59 Å². The topological polar surface area (TPSA) is 58.2 Å². The van der Waals surface area contributed by atoms with Crippen LogP contribution in [0.15, 0.2) is 0 Å². The van der Waals surface area contributed by atoms with Gasteiger partial charge in [-0.25, -0.2) is 0 Å². The van der Waals surface area contributed by atoms with Crippen molar-refractivity contribution in [1.82, 2.24) is 10.6 Å². The van der Waals surface area contributed by atoms with Crippen molar-refractivity contribution in [2.75, 3.05) is 12.3 Å². The van der Waals surface area contributed by atoms with E-state index in [1.807, 2.05) is 32.5 Å². The van der Waals surface area contributed by atoms with E-state index in [2.05, 4.69) is 17.6 Å². The van der Waals surface area contributed by atoms with Crippen molar-refractivity contribution in [3.8, 4) is 0 Å². The second-order valence-corrected chi connectivity index (χ2v) is 7.55. The molecule has 2 amide bonds. The summed E-state index contributed by atoms with van der Waals surface area (Å²) in [7, 11) is 0. The summed E-state index contributed by atoms with van der Waals surface area (Å²) in [5.74, 6) is 0.914. The fourth-order valence-electron chi connectivity index (χ4n) is 2.19. The lowest BCUT2D eigenvalue weighted by molar-refractivity contribution is -0.131. The van der Waals surface area contributed by atoms with E-state index < -0.39 is 5.41 Å². The Morgan fingerprint density at radius 1 is 1.26 bits per heavy atom. The fourth-order valence-corrected chi connectivity index (χ4v) is 3.39. The minimum Gasteiger partial charge on any atom is -0.351 e. The molecule has 110 valence electrons. The van der Waals surface area contributed by atoms with Crippen LogP contribution in [-0.4, -0.2) is 35.4 Å². The highest BCUT2D eigenvalue weighted by Crippen LogP contribution is 2.29. The van der Waals surface area contributed by atoms with Crippen LogP contribution in [0.25, 0.3) is 0 Å². The summed E-state index contributed by atoms with van der Waals surface area (Å²) in [5.41, 5.74) is -0.450. The number of rotatable bonds is 5. The summed E-state index contributed by atoms with van der Waals surface area (Å²) in [6.45, 7) is 7.74. The van der Waals surface area contributed by atoms with Gasteiger partial charge >= 0.3 is 0 Å². The molecular weight excluding hydrogens is 260 g/mol. The van der Waals surface area contributed by atoms with Crippen molar-refractivity contribution in [2.45, 2.75) is 58.2 Å². The Hall–Kier alpha value is -0.710. The third-order valence-corrected chi connectivity index (χ3v) is 4.60. The van der Waals surface area contributed by atoms with E-state index in [0.717, 1.165) is 12.2 Å². The third-order valence-electron chi connectivity index (χ3n) is 3.27. The van der Waals surface area contributed by atoms with Crippen LogP contribution in [0.4, 0.5) is 0 Å². The average Bonchev–Trinajstić information content (AvgIpc) is 2.73. The van der Waals surface area contributed by atoms with Gasteiger partial charge in [0.1, 0.15) is 0 Å². The zero-order valence-corrected chi connectivity index (χ0v) is 13.2. The number of nitrogens with one attached hydrogen (secondary N) is 2. The van der Waals surface area contributed by atoms with Crippen molar-refractivity contribution in [3.63, 3.8) is 0 Å². The lowest BCUT2D eigenvalue weighted by Gasteiger charge is -2.21. The first kappa shape index (κ1) is 16.3. The number of carbonyl (C=O) groups excluding carboxylic acids is 2. The third kappa shape index (κ3) is 5.43. The molecule has 0 aromatic carbocycles. The van der Waals surface area contributed by atoms with Crippen LogP contribution in [0.3, 0.4) is 0 Å². The van der Waals surface area contributed by atoms with Crippen LogP contribution < -0.4 is 10.6 Å². The molecule has 1 aliphatic carbocycles. The summed E-state index contributed by atoms with van der Waals surface area (Å²) >= 11 is 1.92. The fraction of sp³-hybridized carbons (Fsp3) is 0.857. The normalized spacial score (nSPS) is 23.2. The Balaban J connectivity index is 2.33. The van der Waals surface area contributed by atoms with E-state index in [-0.39, 0.29) is 24.4 Å². The zero-order chi connectivity index (χ0) is 14.5. The van der Waals surface area contributed by atoms with E-state index >= 15 is 0 Å². The van der Waals surface area contributed by atoms with Crippen LogP contribution in [0.1, 0.15) is 47.0 Å². The van der Waals surface area contributed by atoms with Crippen molar-refractivity contribution in [2.24, 2.45) is 5.41 Å². The highest BCUT2D eigenvalue weighted by Gasteiger charge is 2.28. The maximum atomic E-state index is 11.8. The second-order valence-electron chi connectivity index (χ2n) is 6.03. The Morgan fingerprint density at radius 3 is 2.53 bits per heavy atom. The first-order valence-corrected chi connectivity index (χ1v) is 8.08. The van der Waals surface area contributed by atoms with Crippen molar-refractivity contribution >= 4 is 23.6 Å². The average molecular weight is 286 g/mol. The number of carbonyl (C=O) groups is 2. The molecule has 1 saturated carbocycles. The highest BCUT2D eigenvalue weighted by atomic mass is 32.2. The van der Waals surface area contributed by atoms with Gasteiger partial charge in [-0.05, 0) is 18.6 Å². The molecule has 1 rings (SSSR count). The second kappa shape index (κ2) is 7.17. The van der Waals surface area contributed by atoms with Gasteiger partial charge in [0.2, 0.25) is 11.8 Å². The van der Waals surface area contributed by atoms with E-state index in [1.165, 1.54) is 12.8 Å². The quantitative estimate of drug-likeness (QED) is 0.812. The summed E-state index contributed by atoms with van der Waals surface area (Å²) in [4.78, 5) is 23.5. The predicted octanol–water partition coefficient (Wildman–Crippen LogP) is 1.94. The van der Waals surface area contributed by atoms with Crippen LogP contribution in [-0.2, 0) is 9.59 Å². The van der Waals surface area contributed by atoms with Gasteiger partial charge in [-0.2, -0.15) is 11.8 Å². The van der Waals surface area contributed by atoms with E-state index in [0.29, 0.717) is 5.25 Å². The monoisotopic (exact) mass is 286 g/mol. The number of thioether (sulfide) groups is 1. The molecule has 0 bridgehead atoms. The summed E-state index contributed by atoms with van der Waals surface area (Å²) in [6, 6.07) is 0.268. The van der Waals surface area contributed by atoms with Crippen LogP contribution >= 0.6 is 11.8 Å². The Morgan fingerprint density at radius 2 is 1.95 bits per heavy atom. The van der Waals surface area contributed by atoms with Crippen molar-refractivity contribution in [3.05, 3.63) is 0 Å². The number of amides is 2. The number of hydrogen-bond donors (Lipinski definition) is 2. The molecule has 19 heavy (non-hydrogen) atoms. The van der Waals surface area contributed by atoms with Crippen molar-refractivity contribution < 1.29 is 9.59 Å². The van der Waals surface area contributed by atoms with Gasteiger partial charge in [0, 0.05) is 16.7 Å². The number of hydrogen-bond acceptors (Lipinski definition) is 3. The van der Waals surface area contributed by atoms with Gasteiger partial charge in [-0.15, -0.1) is 0 Å². The molecule has 1 aliphatic rings. The van der Waals surface area contributed by atoms with Crippen LogP contribution in [0, 0.1) is 5.41 Å². The Kier molecular flexibility index (Phi) is 6.17.